The highest BCUT2D eigenvalue weighted by molar-refractivity contribution is 6.30. The minimum atomic E-state index is -0.786. The molecule has 2 rings (SSSR count). The molecule has 124 valence electrons. The second kappa shape index (κ2) is 6.72. The average Bonchev–Trinajstić information content (AvgIpc) is 2.87. The van der Waals surface area contributed by atoms with Crippen molar-refractivity contribution in [1.29, 1.82) is 0 Å². The van der Waals surface area contributed by atoms with Gasteiger partial charge in [0.15, 0.2) is 0 Å². The first-order valence-corrected chi connectivity index (χ1v) is 7.82. The summed E-state index contributed by atoms with van der Waals surface area (Å²) in [6.07, 6.45) is 0.913. The zero-order chi connectivity index (χ0) is 17.2. The van der Waals surface area contributed by atoms with Crippen molar-refractivity contribution in [3.8, 4) is 0 Å². The predicted octanol–water partition coefficient (Wildman–Crippen LogP) is 2.83. The number of hydrogen-bond donors (Lipinski definition) is 2. The number of aliphatic hydroxyl groups is 1. The molecule has 0 bridgehead atoms. The number of aryl methyl sites for hydroxylation is 1. The van der Waals surface area contributed by atoms with Crippen molar-refractivity contribution in [2.75, 3.05) is 6.54 Å². The van der Waals surface area contributed by atoms with Crippen LogP contribution in [0.4, 0.5) is 0 Å². The number of amides is 1. The Morgan fingerprint density at radius 3 is 2.52 bits per heavy atom. The van der Waals surface area contributed by atoms with E-state index in [1.54, 1.807) is 42.2 Å². The zero-order valence-corrected chi connectivity index (χ0v) is 14.6. The molecular weight excluding hydrogens is 314 g/mol. The molecular formula is C17H22ClN3O2. The molecule has 0 spiro atoms. The van der Waals surface area contributed by atoms with Gasteiger partial charge in [-0.25, -0.2) is 0 Å². The quantitative estimate of drug-likeness (QED) is 0.902. The molecule has 1 unspecified atom stereocenters. The second-order valence-corrected chi connectivity index (χ2v) is 7.03. The van der Waals surface area contributed by atoms with Crippen LogP contribution in [0.15, 0.2) is 30.5 Å². The van der Waals surface area contributed by atoms with Gasteiger partial charge in [-0.05, 0) is 17.7 Å². The van der Waals surface area contributed by atoms with Gasteiger partial charge in [0.25, 0.3) is 5.91 Å². The first-order chi connectivity index (χ1) is 10.7. The highest BCUT2D eigenvalue weighted by Crippen LogP contribution is 2.24. The summed E-state index contributed by atoms with van der Waals surface area (Å²) in [7, 11) is 1.79. The SMILES string of the molecule is Cn1cc(C(=O)NCC(O)c2ccc(Cl)cc2)c(C(C)(C)C)n1. The molecule has 0 aliphatic rings. The van der Waals surface area contributed by atoms with Crippen molar-refractivity contribution < 1.29 is 9.90 Å². The maximum absolute atomic E-state index is 12.4. The molecule has 0 aliphatic carbocycles. The third kappa shape index (κ3) is 4.33. The van der Waals surface area contributed by atoms with Gasteiger partial charge >= 0.3 is 0 Å². The van der Waals surface area contributed by atoms with Crippen LogP contribution in [0.25, 0.3) is 0 Å². The van der Waals surface area contributed by atoms with Crippen molar-refractivity contribution in [3.63, 3.8) is 0 Å². The van der Waals surface area contributed by atoms with Crippen LogP contribution in [-0.4, -0.2) is 27.3 Å². The first kappa shape index (κ1) is 17.5. The lowest BCUT2D eigenvalue weighted by atomic mass is 9.89. The van der Waals surface area contributed by atoms with E-state index in [1.165, 1.54) is 0 Å². The third-order valence-corrected chi connectivity index (χ3v) is 3.75. The van der Waals surface area contributed by atoms with Crippen LogP contribution in [0.3, 0.4) is 0 Å². The summed E-state index contributed by atoms with van der Waals surface area (Å²) in [6, 6.07) is 6.90. The highest BCUT2D eigenvalue weighted by atomic mass is 35.5. The molecule has 6 heteroatoms. The van der Waals surface area contributed by atoms with Gasteiger partial charge < -0.3 is 10.4 Å². The number of rotatable bonds is 4. The number of aliphatic hydroxyl groups excluding tert-OH is 1. The molecule has 0 radical (unpaired) electrons. The maximum Gasteiger partial charge on any atom is 0.254 e. The molecule has 2 aromatic rings. The lowest BCUT2D eigenvalue weighted by Crippen LogP contribution is -2.30. The number of nitrogens with one attached hydrogen (secondary N) is 1. The summed E-state index contributed by atoms with van der Waals surface area (Å²) in [5.74, 6) is -0.240. The van der Waals surface area contributed by atoms with E-state index in [1.807, 2.05) is 20.8 Å². The maximum atomic E-state index is 12.4. The molecule has 0 aliphatic heterocycles. The van der Waals surface area contributed by atoms with E-state index in [4.69, 9.17) is 11.6 Å². The van der Waals surface area contributed by atoms with E-state index in [9.17, 15) is 9.90 Å². The standard InChI is InChI=1S/C17H22ClN3O2/c1-17(2,3)15-13(10-21(4)20-15)16(23)19-9-14(22)11-5-7-12(18)8-6-11/h5-8,10,14,22H,9H2,1-4H3,(H,19,23). The van der Waals surface area contributed by atoms with Crippen molar-refractivity contribution in [2.24, 2.45) is 7.05 Å². The van der Waals surface area contributed by atoms with Crippen molar-refractivity contribution in [1.82, 2.24) is 15.1 Å². The normalized spacial score (nSPS) is 13.0. The summed E-state index contributed by atoms with van der Waals surface area (Å²) in [5.41, 5.74) is 1.74. The fraction of sp³-hybridized carbons (Fsp3) is 0.412. The largest absolute Gasteiger partial charge is 0.387 e. The molecule has 0 saturated carbocycles. The second-order valence-electron chi connectivity index (χ2n) is 6.59. The van der Waals surface area contributed by atoms with Crippen LogP contribution in [-0.2, 0) is 12.5 Å². The lowest BCUT2D eigenvalue weighted by Gasteiger charge is -2.18. The highest BCUT2D eigenvalue weighted by Gasteiger charge is 2.25. The molecule has 0 fully saturated rings. The third-order valence-electron chi connectivity index (χ3n) is 3.49. The molecule has 1 aromatic heterocycles. The average molecular weight is 336 g/mol. The van der Waals surface area contributed by atoms with Crippen LogP contribution in [0.2, 0.25) is 5.02 Å². The summed E-state index contributed by atoms with van der Waals surface area (Å²) in [4.78, 5) is 12.4. The number of carbonyl (C=O) groups excluding carboxylic acids is 1. The Bertz CT molecular complexity index is 687. The Labute approximate surface area is 141 Å². The molecule has 5 nitrogen and oxygen atoms in total. The molecule has 2 N–H and O–H groups in total. The fourth-order valence-electron chi connectivity index (χ4n) is 2.30. The summed E-state index contributed by atoms with van der Waals surface area (Å²) in [6.45, 7) is 6.15. The number of halogens is 1. The van der Waals surface area contributed by atoms with E-state index >= 15 is 0 Å². The Hall–Kier alpha value is -1.85. The van der Waals surface area contributed by atoms with E-state index in [-0.39, 0.29) is 17.9 Å². The van der Waals surface area contributed by atoms with E-state index in [0.29, 0.717) is 16.1 Å². The molecule has 1 heterocycles. The van der Waals surface area contributed by atoms with E-state index in [0.717, 1.165) is 5.69 Å². The first-order valence-electron chi connectivity index (χ1n) is 7.44. The number of nitrogens with zero attached hydrogens (tertiary/aromatic N) is 2. The van der Waals surface area contributed by atoms with Gasteiger partial charge in [0.1, 0.15) is 0 Å². The number of hydrogen-bond acceptors (Lipinski definition) is 3. The van der Waals surface area contributed by atoms with E-state index in [2.05, 4.69) is 10.4 Å². The monoisotopic (exact) mass is 335 g/mol. The van der Waals surface area contributed by atoms with Gasteiger partial charge in [-0.2, -0.15) is 5.10 Å². The number of carbonyl (C=O) groups is 1. The number of aromatic nitrogens is 2. The van der Waals surface area contributed by atoms with Crippen molar-refractivity contribution in [3.05, 3.63) is 52.3 Å². The lowest BCUT2D eigenvalue weighted by molar-refractivity contribution is 0.0914. The predicted molar refractivity (Wildman–Crippen MR) is 90.7 cm³/mol. The summed E-state index contributed by atoms with van der Waals surface area (Å²) < 4.78 is 1.63. The Morgan fingerprint density at radius 2 is 1.96 bits per heavy atom. The minimum Gasteiger partial charge on any atom is -0.387 e. The van der Waals surface area contributed by atoms with Crippen LogP contribution in [0, 0.1) is 0 Å². The van der Waals surface area contributed by atoms with Gasteiger partial charge in [-0.1, -0.05) is 44.5 Å². The molecule has 1 aromatic carbocycles. The van der Waals surface area contributed by atoms with Gasteiger partial charge in [0, 0.05) is 30.2 Å². The molecule has 23 heavy (non-hydrogen) atoms. The molecule has 1 amide bonds. The number of benzene rings is 1. The summed E-state index contributed by atoms with van der Waals surface area (Å²) in [5, 5.41) is 17.9. The van der Waals surface area contributed by atoms with Gasteiger partial charge in [0.2, 0.25) is 0 Å². The Morgan fingerprint density at radius 1 is 1.35 bits per heavy atom. The van der Waals surface area contributed by atoms with Crippen LogP contribution >= 0.6 is 11.6 Å². The van der Waals surface area contributed by atoms with Crippen molar-refractivity contribution in [2.45, 2.75) is 32.3 Å². The van der Waals surface area contributed by atoms with Gasteiger partial charge in [-0.15, -0.1) is 0 Å². The van der Waals surface area contributed by atoms with Crippen LogP contribution in [0.1, 0.15) is 48.5 Å². The van der Waals surface area contributed by atoms with Crippen LogP contribution < -0.4 is 5.32 Å². The Balaban J connectivity index is 2.07. The van der Waals surface area contributed by atoms with Gasteiger partial charge in [0.05, 0.1) is 17.4 Å². The van der Waals surface area contributed by atoms with Crippen molar-refractivity contribution >= 4 is 17.5 Å². The topological polar surface area (TPSA) is 67.2 Å². The minimum absolute atomic E-state index is 0.124. The van der Waals surface area contributed by atoms with E-state index < -0.39 is 6.10 Å². The van der Waals surface area contributed by atoms with Crippen LogP contribution in [0.5, 0.6) is 0 Å². The Kier molecular flexibility index (Phi) is 5.12. The summed E-state index contributed by atoms with van der Waals surface area (Å²) >= 11 is 5.83. The van der Waals surface area contributed by atoms with Gasteiger partial charge in [-0.3, -0.25) is 9.48 Å². The smallest absolute Gasteiger partial charge is 0.254 e. The molecule has 0 saturated heterocycles. The fourth-order valence-corrected chi connectivity index (χ4v) is 2.42. The zero-order valence-electron chi connectivity index (χ0n) is 13.8. The molecule has 1 atom stereocenters.